The Hall–Kier alpha value is -2.96. The zero-order valence-electron chi connectivity index (χ0n) is 14.1. The molecule has 0 spiro atoms. The first-order valence-corrected chi connectivity index (χ1v) is 8.44. The molecule has 7 nitrogen and oxygen atoms in total. The average molecular weight is 336 g/mol. The van der Waals surface area contributed by atoms with Crippen molar-refractivity contribution in [3.8, 4) is 11.3 Å². The summed E-state index contributed by atoms with van der Waals surface area (Å²) in [6.07, 6.45) is 13.9. The minimum atomic E-state index is 0.306. The van der Waals surface area contributed by atoms with E-state index in [2.05, 4.69) is 15.1 Å². The molecular weight excluding hydrogens is 316 g/mol. The first kappa shape index (κ1) is 15.6. The molecule has 3 aromatic rings. The third kappa shape index (κ3) is 3.05. The van der Waals surface area contributed by atoms with Gasteiger partial charge < -0.3 is 4.90 Å². The van der Waals surface area contributed by atoms with Gasteiger partial charge in [-0.05, 0) is 25.0 Å². The van der Waals surface area contributed by atoms with Gasteiger partial charge >= 0.3 is 0 Å². The Morgan fingerprint density at radius 2 is 2.20 bits per heavy atom. The molecular formula is C18H20N6O. The summed E-state index contributed by atoms with van der Waals surface area (Å²) >= 11 is 0. The molecule has 0 aliphatic carbocycles. The zero-order chi connectivity index (χ0) is 17.2. The van der Waals surface area contributed by atoms with Crippen molar-refractivity contribution in [3.63, 3.8) is 0 Å². The lowest BCUT2D eigenvalue weighted by Gasteiger charge is -2.31. The van der Waals surface area contributed by atoms with Gasteiger partial charge in [0.05, 0.1) is 35.5 Å². The van der Waals surface area contributed by atoms with Crippen molar-refractivity contribution in [1.29, 1.82) is 0 Å². The maximum atomic E-state index is 10.6. The number of fused-ring (bicyclic) bond motifs is 1. The second-order valence-electron chi connectivity index (χ2n) is 6.39. The van der Waals surface area contributed by atoms with E-state index in [1.165, 1.54) is 0 Å². The highest BCUT2D eigenvalue weighted by Gasteiger charge is 2.24. The summed E-state index contributed by atoms with van der Waals surface area (Å²) in [4.78, 5) is 17.7. The number of carbonyl (C=O) groups is 1. The zero-order valence-corrected chi connectivity index (χ0v) is 14.1. The van der Waals surface area contributed by atoms with E-state index in [0.29, 0.717) is 5.92 Å². The van der Waals surface area contributed by atoms with Gasteiger partial charge in [-0.1, -0.05) is 0 Å². The van der Waals surface area contributed by atoms with Gasteiger partial charge in [-0.15, -0.1) is 0 Å². The smallest absolute Gasteiger partial charge is 0.144 e. The molecule has 0 N–H and O–H groups in total. The van der Waals surface area contributed by atoms with Crippen molar-refractivity contribution < 1.29 is 4.79 Å². The van der Waals surface area contributed by atoms with Crippen molar-refractivity contribution in [2.45, 2.75) is 18.8 Å². The SMILES string of the molecule is Cn1cc(-c2cn3nccc3c(C3CCCN(/C=C/C=O)C3)n2)cn1. The number of carbonyl (C=O) groups excluding carboxylic acids is 1. The molecule has 0 amide bonds. The quantitative estimate of drug-likeness (QED) is 0.539. The topological polar surface area (TPSA) is 68.3 Å². The van der Waals surface area contributed by atoms with E-state index in [9.17, 15) is 4.79 Å². The van der Waals surface area contributed by atoms with E-state index in [-0.39, 0.29) is 0 Å². The first-order valence-electron chi connectivity index (χ1n) is 8.44. The average Bonchev–Trinajstić information content (AvgIpc) is 3.28. The Labute approximate surface area is 145 Å². The third-order valence-corrected chi connectivity index (χ3v) is 4.63. The van der Waals surface area contributed by atoms with Crippen LogP contribution in [0.5, 0.6) is 0 Å². The summed E-state index contributed by atoms with van der Waals surface area (Å²) in [5, 5.41) is 8.66. The molecule has 128 valence electrons. The van der Waals surface area contributed by atoms with Crippen LogP contribution in [-0.2, 0) is 11.8 Å². The van der Waals surface area contributed by atoms with Gasteiger partial charge in [-0.25, -0.2) is 9.50 Å². The van der Waals surface area contributed by atoms with E-state index >= 15 is 0 Å². The molecule has 0 radical (unpaired) electrons. The number of nitrogens with zero attached hydrogens (tertiary/aromatic N) is 6. The highest BCUT2D eigenvalue weighted by Crippen LogP contribution is 2.30. The van der Waals surface area contributed by atoms with Gasteiger partial charge in [0.25, 0.3) is 0 Å². The fourth-order valence-corrected chi connectivity index (χ4v) is 3.47. The molecule has 1 fully saturated rings. The molecule has 1 saturated heterocycles. The van der Waals surface area contributed by atoms with Crippen LogP contribution in [0.3, 0.4) is 0 Å². The number of aromatic nitrogens is 5. The van der Waals surface area contributed by atoms with Gasteiger partial charge in [-0.3, -0.25) is 9.48 Å². The van der Waals surface area contributed by atoms with E-state index in [1.54, 1.807) is 17.0 Å². The number of aldehydes is 1. The molecule has 25 heavy (non-hydrogen) atoms. The van der Waals surface area contributed by atoms with Gasteiger partial charge in [0.15, 0.2) is 0 Å². The van der Waals surface area contributed by atoms with Crippen LogP contribution in [0.2, 0.25) is 0 Å². The lowest BCUT2D eigenvalue weighted by molar-refractivity contribution is -0.104. The summed E-state index contributed by atoms with van der Waals surface area (Å²) < 4.78 is 3.67. The summed E-state index contributed by atoms with van der Waals surface area (Å²) in [6, 6.07) is 2.01. The Bertz CT molecular complexity index is 925. The predicted octanol–water partition coefficient (Wildman–Crippen LogP) is 2.02. The first-order chi connectivity index (χ1) is 12.2. The van der Waals surface area contributed by atoms with E-state index in [1.807, 2.05) is 42.4 Å². The lowest BCUT2D eigenvalue weighted by atomic mass is 9.94. The number of rotatable bonds is 4. The van der Waals surface area contributed by atoms with Crippen LogP contribution in [0.15, 0.2) is 43.1 Å². The van der Waals surface area contributed by atoms with Crippen LogP contribution >= 0.6 is 0 Å². The van der Waals surface area contributed by atoms with Crippen LogP contribution in [0.25, 0.3) is 16.8 Å². The van der Waals surface area contributed by atoms with Crippen LogP contribution < -0.4 is 0 Å². The molecule has 7 heteroatoms. The summed E-state index contributed by atoms with van der Waals surface area (Å²) in [7, 11) is 1.90. The standard InChI is InChI=1S/C18H20N6O/c1-22-11-15(10-20-22)16-13-24-17(5-6-19-24)18(21-16)14-4-2-7-23(12-14)8-3-9-25/h3,5-6,8-11,13-14H,2,4,7,12H2,1H3/b8-3+. The molecule has 0 aromatic carbocycles. The molecule has 1 atom stereocenters. The number of piperidine rings is 1. The third-order valence-electron chi connectivity index (χ3n) is 4.63. The maximum absolute atomic E-state index is 10.6. The highest BCUT2D eigenvalue weighted by molar-refractivity contribution is 5.64. The van der Waals surface area contributed by atoms with Crippen LogP contribution in [0, 0.1) is 0 Å². The Balaban J connectivity index is 1.74. The molecule has 3 aromatic heterocycles. The summed E-state index contributed by atoms with van der Waals surface area (Å²) in [5.41, 5.74) is 3.96. The van der Waals surface area contributed by atoms with Crippen LogP contribution in [0.4, 0.5) is 0 Å². The van der Waals surface area contributed by atoms with E-state index in [4.69, 9.17) is 4.98 Å². The molecule has 4 heterocycles. The predicted molar refractivity (Wildman–Crippen MR) is 93.9 cm³/mol. The molecule has 1 aliphatic heterocycles. The van der Waals surface area contributed by atoms with Crippen molar-refractivity contribution in [3.05, 3.63) is 48.8 Å². The molecule has 0 bridgehead atoms. The number of hydrogen-bond acceptors (Lipinski definition) is 5. The van der Waals surface area contributed by atoms with Crippen LogP contribution in [-0.4, -0.2) is 48.7 Å². The van der Waals surface area contributed by atoms with Gasteiger partial charge in [0.2, 0.25) is 0 Å². The summed E-state index contributed by atoms with van der Waals surface area (Å²) in [6.45, 7) is 1.83. The minimum absolute atomic E-state index is 0.306. The van der Waals surface area contributed by atoms with Gasteiger partial charge in [0.1, 0.15) is 6.29 Å². The number of hydrogen-bond donors (Lipinski definition) is 0. The second kappa shape index (κ2) is 6.51. The van der Waals surface area contributed by atoms with Crippen molar-refractivity contribution in [1.82, 2.24) is 29.3 Å². The molecule has 1 aliphatic rings. The fraction of sp³-hybridized carbons (Fsp3) is 0.333. The molecule has 1 unspecified atom stereocenters. The second-order valence-corrected chi connectivity index (χ2v) is 6.39. The fourth-order valence-electron chi connectivity index (χ4n) is 3.47. The van der Waals surface area contributed by atoms with Crippen molar-refractivity contribution >= 4 is 11.8 Å². The van der Waals surface area contributed by atoms with Gasteiger partial charge in [-0.2, -0.15) is 10.2 Å². The molecule has 4 rings (SSSR count). The number of allylic oxidation sites excluding steroid dienone is 1. The highest BCUT2D eigenvalue weighted by atomic mass is 16.1. The largest absolute Gasteiger partial charge is 0.377 e. The van der Waals surface area contributed by atoms with E-state index < -0.39 is 0 Å². The van der Waals surface area contributed by atoms with E-state index in [0.717, 1.165) is 54.7 Å². The van der Waals surface area contributed by atoms with Gasteiger partial charge in [0, 0.05) is 44.0 Å². The Kier molecular flexibility index (Phi) is 4.05. The lowest BCUT2D eigenvalue weighted by Crippen LogP contribution is -2.31. The Morgan fingerprint density at radius 1 is 1.28 bits per heavy atom. The maximum Gasteiger partial charge on any atom is 0.144 e. The molecule has 0 saturated carbocycles. The minimum Gasteiger partial charge on any atom is -0.377 e. The number of aryl methyl sites for hydroxylation is 1. The summed E-state index contributed by atoms with van der Waals surface area (Å²) in [5.74, 6) is 0.306. The Morgan fingerprint density at radius 3 is 3.00 bits per heavy atom. The van der Waals surface area contributed by atoms with Crippen molar-refractivity contribution in [2.24, 2.45) is 7.05 Å². The number of likely N-dealkylation sites (tertiary alicyclic amines) is 1. The van der Waals surface area contributed by atoms with Crippen LogP contribution in [0.1, 0.15) is 24.5 Å². The normalized spacial score (nSPS) is 18.3. The van der Waals surface area contributed by atoms with Crippen molar-refractivity contribution in [2.75, 3.05) is 13.1 Å². The monoisotopic (exact) mass is 336 g/mol.